The molecule has 1 aromatic carbocycles. The van der Waals surface area contributed by atoms with E-state index in [1.807, 2.05) is 12.1 Å². The van der Waals surface area contributed by atoms with E-state index in [1.165, 1.54) is 5.56 Å². The van der Waals surface area contributed by atoms with E-state index in [1.54, 1.807) is 0 Å². The van der Waals surface area contributed by atoms with E-state index in [4.69, 9.17) is 9.47 Å². The van der Waals surface area contributed by atoms with Gasteiger partial charge in [-0.25, -0.2) is 8.42 Å². The molecule has 0 radical (unpaired) electrons. The van der Waals surface area contributed by atoms with Crippen LogP contribution in [0.25, 0.3) is 0 Å². The van der Waals surface area contributed by atoms with Gasteiger partial charge in [-0.05, 0) is 34.9 Å². The maximum Gasteiger partial charge on any atom is 1.00 e. The molecule has 1 aromatic rings. The van der Waals surface area contributed by atoms with E-state index in [0.717, 1.165) is 12.2 Å². The average Bonchev–Trinajstić information content (AvgIpc) is 2.39. The van der Waals surface area contributed by atoms with Crippen LogP contribution in [0.1, 0.15) is 46.6 Å². The van der Waals surface area contributed by atoms with Crippen LogP contribution in [0.5, 0.6) is 5.75 Å². The van der Waals surface area contributed by atoms with Crippen molar-refractivity contribution in [3.8, 4) is 5.75 Å². The Morgan fingerprint density at radius 2 is 1.52 bits per heavy atom. The smallest absolute Gasteiger partial charge is 0.748 e. The summed E-state index contributed by atoms with van der Waals surface area (Å²) in [5.74, 6) is 0.232. The summed E-state index contributed by atoms with van der Waals surface area (Å²) in [5, 5.41) is 0. The van der Waals surface area contributed by atoms with Gasteiger partial charge in [0.15, 0.2) is 0 Å². The van der Waals surface area contributed by atoms with Crippen molar-refractivity contribution in [3.63, 3.8) is 0 Å². The minimum absolute atomic E-state index is 0. The van der Waals surface area contributed by atoms with E-state index in [0.29, 0.717) is 6.61 Å². The molecule has 0 spiro atoms. The second-order valence-electron chi connectivity index (χ2n) is 7.87. The molecule has 0 saturated carbocycles. The summed E-state index contributed by atoms with van der Waals surface area (Å²) in [6, 6.07) is 8.02. The predicted molar refractivity (Wildman–Crippen MR) is 94.4 cm³/mol. The summed E-state index contributed by atoms with van der Waals surface area (Å²) in [5.41, 5.74) is 1.61. The molecule has 25 heavy (non-hydrogen) atoms. The molecular formula is C18H29KO5S. The molecule has 0 aromatic heterocycles. The normalized spacial score (nSPS) is 12.6. The van der Waals surface area contributed by atoms with Crippen molar-refractivity contribution >= 4 is 10.1 Å². The van der Waals surface area contributed by atoms with Gasteiger partial charge in [0.25, 0.3) is 0 Å². The molecule has 0 N–H and O–H groups in total. The van der Waals surface area contributed by atoms with Gasteiger partial charge in [0.1, 0.15) is 12.4 Å². The first-order valence-corrected chi connectivity index (χ1v) is 9.71. The maximum atomic E-state index is 10.4. The van der Waals surface area contributed by atoms with Gasteiger partial charge in [0.2, 0.25) is 0 Å². The van der Waals surface area contributed by atoms with Gasteiger partial charge < -0.3 is 14.0 Å². The van der Waals surface area contributed by atoms with Gasteiger partial charge in [0.05, 0.1) is 29.1 Å². The van der Waals surface area contributed by atoms with Crippen LogP contribution in [0.4, 0.5) is 0 Å². The first-order chi connectivity index (χ1) is 10.9. The minimum Gasteiger partial charge on any atom is -0.748 e. The van der Waals surface area contributed by atoms with Gasteiger partial charge in [-0.1, -0.05) is 46.8 Å². The zero-order valence-electron chi connectivity index (χ0n) is 16.3. The monoisotopic (exact) mass is 396 g/mol. The van der Waals surface area contributed by atoms with Gasteiger partial charge in [0, 0.05) is 0 Å². The molecular weight excluding hydrogens is 367 g/mol. The molecule has 138 valence electrons. The number of benzene rings is 1. The number of ether oxygens (including phenoxy) is 2. The molecule has 0 amide bonds. The molecule has 5 nitrogen and oxygen atoms in total. The van der Waals surface area contributed by atoms with Crippen LogP contribution < -0.4 is 56.1 Å². The van der Waals surface area contributed by atoms with E-state index >= 15 is 0 Å². The largest absolute Gasteiger partial charge is 1.00 e. The summed E-state index contributed by atoms with van der Waals surface area (Å²) in [7, 11) is -4.21. The second-order valence-corrected chi connectivity index (χ2v) is 9.39. The number of hydrogen-bond acceptors (Lipinski definition) is 5. The van der Waals surface area contributed by atoms with Gasteiger partial charge in [-0.3, -0.25) is 0 Å². The Kier molecular flexibility index (Phi) is 11.0. The van der Waals surface area contributed by atoms with Crippen molar-refractivity contribution in [1.82, 2.24) is 0 Å². The van der Waals surface area contributed by atoms with E-state index in [9.17, 15) is 13.0 Å². The first-order valence-electron chi connectivity index (χ1n) is 8.14. The van der Waals surface area contributed by atoms with Crippen molar-refractivity contribution in [2.24, 2.45) is 5.41 Å². The van der Waals surface area contributed by atoms with Crippen molar-refractivity contribution in [1.29, 1.82) is 0 Å². The molecule has 0 saturated heterocycles. The Balaban J connectivity index is 0.00000576. The van der Waals surface area contributed by atoms with E-state index in [-0.39, 0.29) is 75.4 Å². The molecule has 0 aliphatic heterocycles. The number of rotatable bonds is 9. The second kappa shape index (κ2) is 10.8. The summed E-state index contributed by atoms with van der Waals surface area (Å²) in [6.07, 6.45) is 1.08. The summed E-state index contributed by atoms with van der Waals surface area (Å²) >= 11 is 0. The average molecular weight is 397 g/mol. The van der Waals surface area contributed by atoms with Crippen LogP contribution in [0.2, 0.25) is 0 Å². The third-order valence-electron chi connectivity index (χ3n) is 3.58. The maximum absolute atomic E-state index is 10.4. The van der Waals surface area contributed by atoms with Gasteiger partial charge in [-0.15, -0.1) is 0 Å². The molecule has 0 unspecified atom stereocenters. The van der Waals surface area contributed by atoms with Crippen LogP contribution in [0.15, 0.2) is 24.3 Å². The molecule has 7 heteroatoms. The summed E-state index contributed by atoms with van der Waals surface area (Å²) in [6.45, 7) is 11.7. The Bertz CT molecular complexity index is 603. The van der Waals surface area contributed by atoms with Crippen LogP contribution in [0, 0.1) is 5.41 Å². The van der Waals surface area contributed by atoms with Gasteiger partial charge in [-0.2, -0.15) is 0 Å². The zero-order chi connectivity index (χ0) is 18.4. The Morgan fingerprint density at radius 3 is 2.00 bits per heavy atom. The molecule has 0 heterocycles. The first kappa shape index (κ1) is 25.5. The van der Waals surface area contributed by atoms with Crippen LogP contribution >= 0.6 is 0 Å². The zero-order valence-corrected chi connectivity index (χ0v) is 20.2. The van der Waals surface area contributed by atoms with Crippen molar-refractivity contribution < 1.29 is 73.8 Å². The summed E-state index contributed by atoms with van der Waals surface area (Å²) in [4.78, 5) is 0. The third kappa shape index (κ3) is 11.8. The topological polar surface area (TPSA) is 75.7 Å². The molecule has 0 bridgehead atoms. The Labute approximate surface area is 195 Å². The fourth-order valence-electron chi connectivity index (χ4n) is 2.91. The Hall–Kier alpha value is 0.526. The van der Waals surface area contributed by atoms with Crippen molar-refractivity contribution in [3.05, 3.63) is 29.8 Å². The quantitative estimate of drug-likeness (QED) is 0.342. The van der Waals surface area contributed by atoms with Crippen LogP contribution in [-0.2, 0) is 20.3 Å². The molecule has 0 aliphatic rings. The SMILES string of the molecule is CC(C)(C)CC(C)(C)c1ccc(OCCOCCS(=O)(=O)[O-])cc1.[K+]. The third-order valence-corrected chi connectivity index (χ3v) is 4.25. The number of hydrogen-bond donors (Lipinski definition) is 0. The Morgan fingerprint density at radius 1 is 0.960 bits per heavy atom. The molecule has 1 rings (SSSR count). The molecule has 0 fully saturated rings. The predicted octanol–water partition coefficient (Wildman–Crippen LogP) is 0.345. The standard InChI is InChI=1S/C18H30O5S.K/c1-17(2,3)14-18(4,5)15-6-8-16(9-7-15)23-11-10-22-12-13-24(19,20)21;/h6-9H,10-14H2,1-5H3,(H,19,20,21);/q;+1/p-1. The van der Waals surface area contributed by atoms with Crippen LogP contribution in [0.3, 0.4) is 0 Å². The van der Waals surface area contributed by atoms with Gasteiger partial charge >= 0.3 is 51.4 Å². The van der Waals surface area contributed by atoms with Crippen molar-refractivity contribution in [2.45, 2.75) is 46.5 Å². The fraction of sp³-hybridized carbons (Fsp3) is 0.667. The fourth-order valence-corrected chi connectivity index (χ4v) is 3.23. The summed E-state index contributed by atoms with van der Waals surface area (Å²) < 4.78 is 41.9. The van der Waals surface area contributed by atoms with E-state index < -0.39 is 15.9 Å². The van der Waals surface area contributed by atoms with Crippen LogP contribution in [-0.4, -0.2) is 38.5 Å². The van der Waals surface area contributed by atoms with E-state index in [2.05, 4.69) is 46.8 Å². The minimum atomic E-state index is -4.21. The molecule has 0 aliphatic carbocycles. The molecule has 0 atom stereocenters. The van der Waals surface area contributed by atoms with Crippen molar-refractivity contribution in [2.75, 3.05) is 25.6 Å².